The first-order valence-corrected chi connectivity index (χ1v) is 12.9. The lowest BCUT2D eigenvalue weighted by molar-refractivity contribution is -0.137. The van der Waals surface area contributed by atoms with Crippen molar-refractivity contribution in [2.75, 3.05) is 19.0 Å². The van der Waals surface area contributed by atoms with Gasteiger partial charge in [-0.2, -0.15) is 0 Å². The second-order valence-corrected chi connectivity index (χ2v) is 9.47. The summed E-state index contributed by atoms with van der Waals surface area (Å²) in [5.41, 5.74) is 3.41. The summed E-state index contributed by atoms with van der Waals surface area (Å²) < 4.78 is 11.4. The number of ketones is 1. The van der Waals surface area contributed by atoms with E-state index in [1.54, 1.807) is 25.3 Å². The van der Waals surface area contributed by atoms with E-state index in [-0.39, 0.29) is 24.7 Å². The fraction of sp³-hybridized carbons (Fsp3) is 0.333. The van der Waals surface area contributed by atoms with Crippen LogP contribution in [0, 0.1) is 5.92 Å². The number of methoxy groups -OCH3 is 1. The Morgan fingerprint density at radius 2 is 1.65 bits per heavy atom. The number of hydrogen-bond acceptors (Lipinski definition) is 5. The van der Waals surface area contributed by atoms with Crippen LogP contribution in [-0.4, -0.2) is 36.6 Å². The van der Waals surface area contributed by atoms with Crippen LogP contribution in [0.25, 0.3) is 11.1 Å². The fourth-order valence-corrected chi connectivity index (χ4v) is 4.20. The molecule has 0 saturated carbocycles. The van der Waals surface area contributed by atoms with E-state index >= 15 is 0 Å². The number of carbonyl (C=O) groups excluding carboxylic acids is 1. The monoisotopic (exact) mass is 523 g/mol. The van der Waals surface area contributed by atoms with Crippen molar-refractivity contribution in [1.29, 1.82) is 0 Å². The molecule has 2 atom stereocenters. The van der Waals surface area contributed by atoms with Crippen LogP contribution in [0.5, 0.6) is 11.5 Å². The van der Waals surface area contributed by atoms with Crippen molar-refractivity contribution in [2.45, 2.75) is 45.6 Å². The van der Waals surface area contributed by atoms with Gasteiger partial charge in [0.25, 0.3) is 0 Å². The van der Waals surface area contributed by atoms with Crippen LogP contribution in [0.4, 0.5) is 5.69 Å². The van der Waals surface area contributed by atoms with Crippen molar-refractivity contribution in [3.63, 3.8) is 0 Å². The highest BCUT2D eigenvalue weighted by molar-refractivity contribution is 6.33. The molecule has 7 heteroatoms. The van der Waals surface area contributed by atoms with Crippen molar-refractivity contribution in [1.82, 2.24) is 0 Å². The molecule has 0 unspecified atom stereocenters. The summed E-state index contributed by atoms with van der Waals surface area (Å²) in [5, 5.41) is 12.9. The molecular formula is C30H34ClNO5. The van der Waals surface area contributed by atoms with E-state index in [4.69, 9.17) is 26.2 Å². The van der Waals surface area contributed by atoms with Crippen LogP contribution in [-0.2, 0) is 4.79 Å². The van der Waals surface area contributed by atoms with Crippen LogP contribution in [0.3, 0.4) is 0 Å². The predicted octanol–water partition coefficient (Wildman–Crippen LogP) is 7.36. The second-order valence-electron chi connectivity index (χ2n) is 9.07. The average Bonchev–Trinajstić information content (AvgIpc) is 2.91. The molecule has 0 aliphatic carbocycles. The van der Waals surface area contributed by atoms with Gasteiger partial charge in [-0.25, -0.2) is 0 Å². The number of ether oxygens (including phenoxy) is 2. The molecule has 0 aliphatic heterocycles. The van der Waals surface area contributed by atoms with Crippen LogP contribution < -0.4 is 14.8 Å². The van der Waals surface area contributed by atoms with Crippen molar-refractivity contribution < 1.29 is 24.2 Å². The van der Waals surface area contributed by atoms with Gasteiger partial charge in [-0.1, -0.05) is 44.0 Å². The lowest BCUT2D eigenvalue weighted by atomic mass is 9.99. The highest BCUT2D eigenvalue weighted by Crippen LogP contribution is 2.32. The summed E-state index contributed by atoms with van der Waals surface area (Å²) in [6, 6.07) is 20.9. The molecule has 0 aliphatic rings. The van der Waals surface area contributed by atoms with Gasteiger partial charge in [0.05, 0.1) is 18.2 Å². The number of nitrogens with one attached hydrogen (secondary N) is 1. The van der Waals surface area contributed by atoms with E-state index in [1.807, 2.05) is 48.5 Å². The highest BCUT2D eigenvalue weighted by Gasteiger charge is 2.17. The first-order valence-electron chi connectivity index (χ1n) is 12.5. The van der Waals surface area contributed by atoms with E-state index in [1.165, 1.54) is 0 Å². The summed E-state index contributed by atoms with van der Waals surface area (Å²) in [4.78, 5) is 22.9. The minimum Gasteiger partial charge on any atom is -0.497 e. The lowest BCUT2D eigenvalue weighted by Crippen LogP contribution is -2.33. The van der Waals surface area contributed by atoms with Gasteiger partial charge in [0.2, 0.25) is 0 Å². The molecule has 3 aromatic rings. The van der Waals surface area contributed by atoms with Gasteiger partial charge in [0, 0.05) is 29.7 Å². The first kappa shape index (κ1) is 28.1. The van der Waals surface area contributed by atoms with E-state index in [0.717, 1.165) is 29.0 Å². The number of carboxylic acids is 1. The molecule has 0 spiro atoms. The lowest BCUT2D eigenvalue weighted by Gasteiger charge is -2.25. The van der Waals surface area contributed by atoms with Gasteiger partial charge in [-0.05, 0) is 72.5 Å². The van der Waals surface area contributed by atoms with Gasteiger partial charge < -0.3 is 19.9 Å². The number of anilines is 1. The van der Waals surface area contributed by atoms with Gasteiger partial charge in [-0.15, -0.1) is 0 Å². The summed E-state index contributed by atoms with van der Waals surface area (Å²) >= 11 is 6.41. The van der Waals surface area contributed by atoms with Gasteiger partial charge in [0.15, 0.2) is 5.78 Å². The van der Waals surface area contributed by atoms with Crippen molar-refractivity contribution in [2.24, 2.45) is 5.92 Å². The number of Topliss-reactive ketones (excluding diaryl/α,β-unsaturated/α-hetero) is 1. The Morgan fingerprint density at radius 3 is 2.24 bits per heavy atom. The number of benzene rings is 3. The molecule has 2 N–H and O–H groups in total. The third kappa shape index (κ3) is 8.25. The molecule has 3 aromatic carbocycles. The zero-order chi connectivity index (χ0) is 26.8. The molecule has 0 radical (unpaired) electrons. The highest BCUT2D eigenvalue weighted by atomic mass is 35.5. The molecule has 6 nitrogen and oxygen atoms in total. The van der Waals surface area contributed by atoms with Gasteiger partial charge >= 0.3 is 5.97 Å². The molecule has 0 aromatic heterocycles. The Bertz CT molecular complexity index is 1180. The van der Waals surface area contributed by atoms with E-state index in [9.17, 15) is 9.59 Å². The normalized spacial score (nSPS) is 12.4. The quantitative estimate of drug-likeness (QED) is 0.215. The zero-order valence-corrected chi connectivity index (χ0v) is 22.3. The number of aliphatic carboxylic acids is 1. The Balaban J connectivity index is 1.60. The van der Waals surface area contributed by atoms with Gasteiger partial charge in [0.1, 0.15) is 18.1 Å². The molecule has 0 amide bonds. The summed E-state index contributed by atoms with van der Waals surface area (Å²) in [6.07, 6.45) is 1.55. The maximum absolute atomic E-state index is 12.3. The average molecular weight is 524 g/mol. The molecule has 3 rings (SSSR count). The van der Waals surface area contributed by atoms with Crippen LogP contribution in [0.1, 0.15) is 49.9 Å². The Hall–Kier alpha value is -3.51. The summed E-state index contributed by atoms with van der Waals surface area (Å²) in [5.74, 6) is 0.909. The largest absolute Gasteiger partial charge is 0.497 e. The molecule has 0 saturated heterocycles. The predicted molar refractivity (Wildman–Crippen MR) is 148 cm³/mol. The second kappa shape index (κ2) is 13.7. The van der Waals surface area contributed by atoms with Gasteiger partial charge in [-0.3, -0.25) is 9.59 Å². The van der Waals surface area contributed by atoms with Crippen LogP contribution in [0.2, 0.25) is 5.02 Å². The molecule has 196 valence electrons. The van der Waals surface area contributed by atoms with Crippen molar-refractivity contribution in [3.8, 4) is 22.6 Å². The third-order valence-corrected chi connectivity index (χ3v) is 6.77. The number of carbonyl (C=O) groups is 2. The fourth-order valence-electron chi connectivity index (χ4n) is 3.92. The SMILES string of the molecule is CC[C@H](C)[C@@H](COc1ccc(-c2ccc(OC)cc2Cl)cc1)Nc1ccc(C(=O)CCCC(=O)O)cc1. The number of rotatable bonds is 14. The smallest absolute Gasteiger partial charge is 0.303 e. The number of hydrogen-bond donors (Lipinski definition) is 2. The Labute approximate surface area is 223 Å². The van der Waals surface area contributed by atoms with Crippen molar-refractivity contribution >= 4 is 29.0 Å². The molecule has 0 heterocycles. The Morgan fingerprint density at radius 1 is 0.973 bits per heavy atom. The van der Waals surface area contributed by atoms with E-state index < -0.39 is 5.97 Å². The standard InChI is InChI=1S/C30H34ClNO5/c1-4-20(2)28(32-23-12-8-22(9-13-23)29(33)6-5-7-30(34)35)19-37-24-14-10-21(11-15-24)26-17-16-25(36-3)18-27(26)31/h8-18,20,28,32H,4-7,19H2,1-3H3,(H,34,35)/t20-,28+/m0/s1. The summed E-state index contributed by atoms with van der Waals surface area (Å²) in [6.45, 7) is 4.80. The topological polar surface area (TPSA) is 84.9 Å². The minimum absolute atomic E-state index is 0.0000785. The molecular weight excluding hydrogens is 490 g/mol. The molecule has 0 fully saturated rings. The maximum Gasteiger partial charge on any atom is 0.303 e. The van der Waals surface area contributed by atoms with Crippen LogP contribution >= 0.6 is 11.6 Å². The number of halogens is 1. The maximum atomic E-state index is 12.3. The minimum atomic E-state index is -0.886. The first-order chi connectivity index (χ1) is 17.8. The Kier molecular flexibility index (Phi) is 10.4. The van der Waals surface area contributed by atoms with Crippen LogP contribution in [0.15, 0.2) is 66.7 Å². The molecule has 0 bridgehead atoms. The zero-order valence-electron chi connectivity index (χ0n) is 21.5. The van der Waals surface area contributed by atoms with Crippen molar-refractivity contribution in [3.05, 3.63) is 77.3 Å². The summed E-state index contributed by atoms with van der Waals surface area (Å²) in [7, 11) is 1.61. The number of carboxylic acid groups (broad SMARTS) is 1. The third-order valence-electron chi connectivity index (χ3n) is 6.46. The van der Waals surface area contributed by atoms with E-state index in [2.05, 4.69) is 19.2 Å². The molecule has 37 heavy (non-hydrogen) atoms. The van der Waals surface area contributed by atoms with E-state index in [0.29, 0.717) is 35.3 Å².